The van der Waals surface area contributed by atoms with Crippen LogP contribution in [0.25, 0.3) is 0 Å². The molecule has 0 bridgehead atoms. The summed E-state index contributed by atoms with van der Waals surface area (Å²) in [5.74, 6) is 0.987. The number of nitrogens with zero attached hydrogens (tertiary/aromatic N) is 2. The van der Waals surface area contributed by atoms with E-state index in [4.69, 9.17) is 11.6 Å². The van der Waals surface area contributed by atoms with E-state index in [-0.39, 0.29) is 0 Å². The summed E-state index contributed by atoms with van der Waals surface area (Å²) >= 11 is 9.43. The number of rotatable bonds is 3. The summed E-state index contributed by atoms with van der Waals surface area (Å²) in [7, 11) is 0. The van der Waals surface area contributed by atoms with Crippen LogP contribution in [0.2, 0.25) is 5.02 Å². The Kier molecular flexibility index (Phi) is 4.05. The first kappa shape index (κ1) is 12.1. The third kappa shape index (κ3) is 2.50. The number of hydrogen-bond donors (Lipinski definition) is 1. The molecule has 0 saturated carbocycles. The Morgan fingerprint density at radius 3 is 3.06 bits per heavy atom. The number of nitrogens with one attached hydrogen (secondary N) is 1. The molecule has 1 N–H and O–H groups in total. The van der Waals surface area contributed by atoms with E-state index in [2.05, 4.69) is 38.1 Å². The highest BCUT2D eigenvalue weighted by atomic mass is 79.9. The molecule has 1 unspecified atom stereocenters. The van der Waals surface area contributed by atoms with Gasteiger partial charge in [-0.2, -0.15) is 0 Å². The van der Waals surface area contributed by atoms with E-state index in [0.717, 1.165) is 29.9 Å². The molecule has 1 saturated heterocycles. The normalized spacial score (nSPS) is 20.1. The maximum absolute atomic E-state index is 5.90. The number of hydrogen-bond acceptors (Lipinski definition) is 3. The molecule has 5 heteroatoms. The predicted molar refractivity (Wildman–Crippen MR) is 71.2 cm³/mol. The fourth-order valence-electron chi connectivity index (χ4n) is 2.11. The molecule has 0 spiro atoms. The Labute approximate surface area is 109 Å². The fraction of sp³-hybridized carbons (Fsp3) is 0.545. The summed E-state index contributed by atoms with van der Waals surface area (Å²) in [6.07, 6.45) is 2.87. The van der Waals surface area contributed by atoms with Crippen LogP contribution in [0.3, 0.4) is 0 Å². The van der Waals surface area contributed by atoms with Gasteiger partial charge < -0.3 is 10.2 Å². The average molecular weight is 305 g/mol. The maximum atomic E-state index is 5.90. The van der Waals surface area contributed by atoms with E-state index in [9.17, 15) is 0 Å². The lowest BCUT2D eigenvalue weighted by Gasteiger charge is -2.29. The SMILES string of the molecule is CCN(c1ncc(Cl)cc1Br)C1CCNC1. The van der Waals surface area contributed by atoms with E-state index in [1.54, 1.807) is 6.20 Å². The van der Waals surface area contributed by atoms with Crippen LogP contribution in [0.4, 0.5) is 5.82 Å². The highest BCUT2D eigenvalue weighted by Crippen LogP contribution is 2.28. The summed E-state index contributed by atoms with van der Waals surface area (Å²) in [6, 6.07) is 2.43. The Hall–Kier alpha value is -0.320. The van der Waals surface area contributed by atoms with Crippen molar-refractivity contribution in [3.05, 3.63) is 21.8 Å². The van der Waals surface area contributed by atoms with Crippen molar-refractivity contribution in [1.82, 2.24) is 10.3 Å². The number of pyridine rings is 1. The molecule has 16 heavy (non-hydrogen) atoms. The third-order valence-electron chi connectivity index (χ3n) is 2.88. The van der Waals surface area contributed by atoms with Crippen molar-refractivity contribution in [3.63, 3.8) is 0 Å². The van der Waals surface area contributed by atoms with E-state index >= 15 is 0 Å². The second-order valence-electron chi connectivity index (χ2n) is 3.89. The van der Waals surface area contributed by atoms with Crippen LogP contribution < -0.4 is 10.2 Å². The van der Waals surface area contributed by atoms with E-state index in [0.29, 0.717) is 11.1 Å². The van der Waals surface area contributed by atoms with Crippen molar-refractivity contribution in [3.8, 4) is 0 Å². The third-order valence-corrected chi connectivity index (χ3v) is 3.67. The minimum atomic E-state index is 0.537. The Balaban J connectivity index is 2.25. The summed E-state index contributed by atoms with van der Waals surface area (Å²) in [4.78, 5) is 6.73. The molecule has 1 aliphatic heterocycles. The van der Waals surface area contributed by atoms with Gasteiger partial charge in [0.2, 0.25) is 0 Å². The summed E-state index contributed by atoms with van der Waals surface area (Å²) in [5.41, 5.74) is 0. The molecule has 1 aliphatic rings. The molecule has 2 rings (SSSR count). The molecule has 0 radical (unpaired) electrons. The smallest absolute Gasteiger partial charge is 0.143 e. The molecule has 1 atom stereocenters. The number of aromatic nitrogens is 1. The van der Waals surface area contributed by atoms with E-state index in [1.807, 2.05) is 6.07 Å². The van der Waals surface area contributed by atoms with Crippen molar-refractivity contribution >= 4 is 33.3 Å². The van der Waals surface area contributed by atoms with E-state index in [1.165, 1.54) is 6.42 Å². The van der Waals surface area contributed by atoms with Crippen LogP contribution in [-0.2, 0) is 0 Å². The maximum Gasteiger partial charge on any atom is 0.143 e. The van der Waals surface area contributed by atoms with Crippen molar-refractivity contribution in [2.75, 3.05) is 24.5 Å². The molecule has 3 nitrogen and oxygen atoms in total. The summed E-state index contributed by atoms with van der Waals surface area (Å²) in [6.45, 7) is 5.23. The lowest BCUT2D eigenvalue weighted by Crippen LogP contribution is -2.37. The molecule has 88 valence electrons. The largest absolute Gasteiger partial charge is 0.352 e. The topological polar surface area (TPSA) is 28.2 Å². The Bertz CT molecular complexity index is 366. The molecular formula is C11H15BrClN3. The van der Waals surface area contributed by atoms with Gasteiger partial charge in [0.05, 0.1) is 9.50 Å². The number of halogens is 2. The molecule has 0 amide bonds. The van der Waals surface area contributed by atoms with Crippen molar-refractivity contribution < 1.29 is 0 Å². The van der Waals surface area contributed by atoms with Crippen LogP contribution in [-0.4, -0.2) is 30.7 Å². The number of likely N-dealkylation sites (N-methyl/N-ethyl adjacent to an activating group) is 1. The van der Waals surface area contributed by atoms with Gasteiger partial charge in [-0.3, -0.25) is 0 Å². The first-order valence-electron chi connectivity index (χ1n) is 5.50. The predicted octanol–water partition coefficient (Wildman–Crippen LogP) is 2.69. The van der Waals surface area contributed by atoms with Crippen molar-refractivity contribution in [2.45, 2.75) is 19.4 Å². The van der Waals surface area contributed by atoms with Crippen LogP contribution in [0.5, 0.6) is 0 Å². The van der Waals surface area contributed by atoms with Gasteiger partial charge in [-0.15, -0.1) is 0 Å². The minimum Gasteiger partial charge on any atom is -0.352 e. The second-order valence-corrected chi connectivity index (χ2v) is 5.18. The Morgan fingerprint density at radius 1 is 1.69 bits per heavy atom. The first-order chi connectivity index (χ1) is 7.72. The molecule has 1 fully saturated rings. The van der Waals surface area contributed by atoms with Gasteiger partial charge in [-0.05, 0) is 41.9 Å². The van der Waals surface area contributed by atoms with Crippen molar-refractivity contribution in [2.24, 2.45) is 0 Å². The molecule has 2 heterocycles. The van der Waals surface area contributed by atoms with Crippen LogP contribution in [0.1, 0.15) is 13.3 Å². The highest BCUT2D eigenvalue weighted by Gasteiger charge is 2.23. The highest BCUT2D eigenvalue weighted by molar-refractivity contribution is 9.10. The zero-order chi connectivity index (χ0) is 11.5. The molecule has 1 aromatic rings. The van der Waals surface area contributed by atoms with Gasteiger partial charge in [0.1, 0.15) is 5.82 Å². The zero-order valence-electron chi connectivity index (χ0n) is 9.21. The van der Waals surface area contributed by atoms with Crippen LogP contribution >= 0.6 is 27.5 Å². The van der Waals surface area contributed by atoms with Gasteiger partial charge in [0.15, 0.2) is 0 Å². The van der Waals surface area contributed by atoms with Gasteiger partial charge in [-0.25, -0.2) is 4.98 Å². The van der Waals surface area contributed by atoms with Crippen LogP contribution in [0, 0.1) is 0 Å². The Morgan fingerprint density at radius 2 is 2.50 bits per heavy atom. The number of anilines is 1. The van der Waals surface area contributed by atoms with Gasteiger partial charge >= 0.3 is 0 Å². The molecular weight excluding hydrogens is 289 g/mol. The first-order valence-corrected chi connectivity index (χ1v) is 6.68. The van der Waals surface area contributed by atoms with E-state index < -0.39 is 0 Å². The lowest BCUT2D eigenvalue weighted by atomic mass is 10.2. The second kappa shape index (κ2) is 5.34. The van der Waals surface area contributed by atoms with Crippen LogP contribution in [0.15, 0.2) is 16.7 Å². The standard InChI is InChI=1S/C11H15BrClN3/c1-2-16(9-3-4-14-7-9)11-10(12)5-8(13)6-15-11/h5-6,9,14H,2-4,7H2,1H3. The molecule has 0 aromatic carbocycles. The van der Waals surface area contributed by atoms with Gasteiger partial charge in [0.25, 0.3) is 0 Å². The monoisotopic (exact) mass is 303 g/mol. The van der Waals surface area contributed by atoms with Gasteiger partial charge in [0, 0.05) is 25.3 Å². The minimum absolute atomic E-state index is 0.537. The molecule has 0 aliphatic carbocycles. The van der Waals surface area contributed by atoms with Gasteiger partial charge in [-0.1, -0.05) is 11.6 Å². The molecule has 1 aromatic heterocycles. The lowest BCUT2D eigenvalue weighted by molar-refractivity contribution is 0.639. The summed E-state index contributed by atoms with van der Waals surface area (Å²) in [5, 5.41) is 4.04. The zero-order valence-corrected chi connectivity index (χ0v) is 11.6. The quantitative estimate of drug-likeness (QED) is 0.930. The fourth-order valence-corrected chi connectivity index (χ4v) is 2.97. The summed E-state index contributed by atoms with van der Waals surface area (Å²) < 4.78 is 0.966. The van der Waals surface area contributed by atoms with Crippen molar-refractivity contribution in [1.29, 1.82) is 0 Å². The average Bonchev–Trinajstić information content (AvgIpc) is 2.75.